The maximum absolute atomic E-state index is 12.5. The second-order valence-corrected chi connectivity index (χ2v) is 7.48. The molecular formula is C16H27ClN2O2. The van der Waals surface area contributed by atoms with E-state index < -0.39 is 0 Å². The molecule has 120 valence electrons. The molecule has 0 radical (unpaired) electrons. The van der Waals surface area contributed by atoms with Crippen molar-refractivity contribution in [1.29, 1.82) is 0 Å². The Hall–Kier alpha value is -0.320. The SMILES string of the molecule is COCC1(CNC(=O)C2C3C4CCC(C4)C23)CCCN1.Cl. The number of ether oxygens (including phenoxy) is 1. The van der Waals surface area contributed by atoms with E-state index in [1.165, 1.54) is 25.7 Å². The lowest BCUT2D eigenvalue weighted by Gasteiger charge is -2.29. The van der Waals surface area contributed by atoms with E-state index in [4.69, 9.17) is 4.74 Å². The lowest BCUT2D eigenvalue weighted by Crippen LogP contribution is -2.53. The summed E-state index contributed by atoms with van der Waals surface area (Å²) in [5.74, 6) is 3.90. The molecule has 1 aliphatic heterocycles. The summed E-state index contributed by atoms with van der Waals surface area (Å²) in [7, 11) is 1.74. The second kappa shape index (κ2) is 5.71. The Kier molecular flexibility index (Phi) is 4.23. The van der Waals surface area contributed by atoms with Crippen LogP contribution in [0.5, 0.6) is 0 Å². The largest absolute Gasteiger partial charge is 0.383 e. The number of rotatable bonds is 5. The zero-order valence-electron chi connectivity index (χ0n) is 12.8. The third kappa shape index (κ3) is 2.49. The number of methoxy groups -OCH3 is 1. The summed E-state index contributed by atoms with van der Waals surface area (Å²) in [5.41, 5.74) is -0.0204. The Morgan fingerprint density at radius 1 is 1.33 bits per heavy atom. The van der Waals surface area contributed by atoms with Crippen LogP contribution in [0.3, 0.4) is 0 Å². The molecule has 2 N–H and O–H groups in total. The molecule has 0 aromatic carbocycles. The molecule has 0 aromatic heterocycles. The summed E-state index contributed by atoms with van der Waals surface area (Å²) in [6.45, 7) is 2.46. The maximum Gasteiger partial charge on any atom is 0.223 e. The van der Waals surface area contributed by atoms with Crippen LogP contribution in [0.1, 0.15) is 32.1 Å². The van der Waals surface area contributed by atoms with Crippen molar-refractivity contribution < 1.29 is 9.53 Å². The van der Waals surface area contributed by atoms with Crippen molar-refractivity contribution >= 4 is 18.3 Å². The van der Waals surface area contributed by atoms with Crippen molar-refractivity contribution in [2.75, 3.05) is 26.8 Å². The average Bonchev–Trinajstić information content (AvgIpc) is 2.84. The number of carbonyl (C=O) groups excluding carboxylic acids is 1. The molecule has 21 heavy (non-hydrogen) atoms. The van der Waals surface area contributed by atoms with E-state index in [1.54, 1.807) is 7.11 Å². The zero-order valence-corrected chi connectivity index (χ0v) is 13.6. The summed E-state index contributed by atoms with van der Waals surface area (Å²) in [4.78, 5) is 12.5. The number of halogens is 1. The molecule has 2 bridgehead atoms. The van der Waals surface area contributed by atoms with E-state index in [9.17, 15) is 4.79 Å². The van der Waals surface area contributed by atoms with Gasteiger partial charge in [0.1, 0.15) is 0 Å². The van der Waals surface area contributed by atoms with Gasteiger partial charge in [-0.25, -0.2) is 0 Å². The van der Waals surface area contributed by atoms with E-state index in [-0.39, 0.29) is 17.9 Å². The predicted molar refractivity (Wildman–Crippen MR) is 83.4 cm³/mol. The van der Waals surface area contributed by atoms with E-state index >= 15 is 0 Å². The lowest BCUT2D eigenvalue weighted by atomic mass is 9.98. The first kappa shape index (κ1) is 15.6. The second-order valence-electron chi connectivity index (χ2n) is 7.48. The van der Waals surface area contributed by atoms with Crippen LogP contribution in [0, 0.1) is 29.6 Å². The van der Waals surface area contributed by atoms with Crippen LogP contribution in [0.2, 0.25) is 0 Å². The molecule has 5 unspecified atom stereocenters. The van der Waals surface area contributed by atoms with E-state index in [1.807, 2.05) is 0 Å². The maximum atomic E-state index is 12.5. The number of amides is 1. The highest BCUT2D eigenvalue weighted by Crippen LogP contribution is 2.69. The van der Waals surface area contributed by atoms with Gasteiger partial charge >= 0.3 is 0 Å². The third-order valence-corrected chi connectivity index (χ3v) is 6.39. The Labute approximate surface area is 133 Å². The van der Waals surface area contributed by atoms with Gasteiger partial charge in [-0.05, 0) is 62.3 Å². The van der Waals surface area contributed by atoms with E-state index in [0.717, 1.165) is 43.2 Å². The molecule has 4 aliphatic rings. The van der Waals surface area contributed by atoms with Gasteiger partial charge in [0.15, 0.2) is 0 Å². The van der Waals surface area contributed by atoms with Crippen molar-refractivity contribution in [3.8, 4) is 0 Å². The minimum absolute atomic E-state index is 0. The molecule has 5 heteroatoms. The van der Waals surface area contributed by atoms with Crippen LogP contribution in [0.15, 0.2) is 0 Å². The summed E-state index contributed by atoms with van der Waals surface area (Å²) in [6, 6.07) is 0. The van der Waals surface area contributed by atoms with Gasteiger partial charge in [0.05, 0.1) is 12.1 Å². The molecule has 5 atom stereocenters. The first-order valence-corrected chi connectivity index (χ1v) is 8.26. The molecule has 3 aliphatic carbocycles. The number of fused-ring (bicyclic) bond motifs is 5. The fourth-order valence-corrected chi connectivity index (χ4v) is 5.52. The van der Waals surface area contributed by atoms with Crippen LogP contribution in [0.4, 0.5) is 0 Å². The number of nitrogens with one attached hydrogen (secondary N) is 2. The fourth-order valence-electron chi connectivity index (χ4n) is 5.52. The molecule has 1 saturated heterocycles. The smallest absolute Gasteiger partial charge is 0.223 e. The van der Waals surface area contributed by atoms with Crippen LogP contribution < -0.4 is 10.6 Å². The molecule has 4 fully saturated rings. The highest BCUT2D eigenvalue weighted by Gasteiger charge is 2.67. The summed E-state index contributed by atoms with van der Waals surface area (Å²) in [5, 5.41) is 6.75. The van der Waals surface area contributed by atoms with Crippen molar-refractivity contribution in [1.82, 2.24) is 10.6 Å². The van der Waals surface area contributed by atoms with Gasteiger partial charge in [0.25, 0.3) is 0 Å². The highest BCUT2D eigenvalue weighted by atomic mass is 35.5. The molecule has 0 spiro atoms. The van der Waals surface area contributed by atoms with Crippen molar-refractivity contribution in [3.63, 3.8) is 0 Å². The molecule has 4 nitrogen and oxygen atoms in total. The predicted octanol–water partition coefficient (Wildman–Crippen LogP) is 1.59. The molecule has 3 saturated carbocycles. The average molecular weight is 315 g/mol. The molecule has 0 aromatic rings. The normalized spacial score (nSPS) is 46.0. The standard InChI is InChI=1S/C16H26N2O2.ClH/c1-20-9-16(5-2-6-18-16)8-17-15(19)14-12-10-3-4-11(7-10)13(12)14;/h10-14,18H,2-9H2,1H3,(H,17,19);1H. The number of carbonyl (C=O) groups is 1. The first-order valence-electron chi connectivity index (χ1n) is 8.26. The molecule has 4 rings (SSSR count). The zero-order chi connectivity index (χ0) is 13.7. The van der Waals surface area contributed by atoms with Crippen LogP contribution >= 0.6 is 12.4 Å². The Balaban J connectivity index is 0.00000132. The highest BCUT2D eigenvalue weighted by molar-refractivity contribution is 5.85. The van der Waals surface area contributed by atoms with Crippen molar-refractivity contribution in [2.45, 2.75) is 37.6 Å². The first-order chi connectivity index (χ1) is 9.74. The van der Waals surface area contributed by atoms with Gasteiger partial charge < -0.3 is 15.4 Å². The molecular weight excluding hydrogens is 288 g/mol. The fraction of sp³-hybridized carbons (Fsp3) is 0.938. The summed E-state index contributed by atoms with van der Waals surface area (Å²) in [6.07, 6.45) is 6.45. The van der Waals surface area contributed by atoms with Gasteiger partial charge in [0.2, 0.25) is 5.91 Å². The van der Waals surface area contributed by atoms with Crippen molar-refractivity contribution in [2.24, 2.45) is 29.6 Å². The quantitative estimate of drug-likeness (QED) is 0.810. The Morgan fingerprint density at radius 3 is 2.62 bits per heavy atom. The number of hydrogen-bond acceptors (Lipinski definition) is 3. The van der Waals surface area contributed by atoms with E-state index in [0.29, 0.717) is 18.4 Å². The van der Waals surface area contributed by atoms with Gasteiger partial charge in [0, 0.05) is 19.6 Å². The summed E-state index contributed by atoms with van der Waals surface area (Å²) < 4.78 is 5.34. The monoisotopic (exact) mass is 314 g/mol. The van der Waals surface area contributed by atoms with Gasteiger partial charge in [-0.2, -0.15) is 0 Å². The van der Waals surface area contributed by atoms with Gasteiger partial charge in [-0.15, -0.1) is 12.4 Å². The Bertz CT molecular complexity index is 395. The van der Waals surface area contributed by atoms with Gasteiger partial charge in [-0.1, -0.05) is 0 Å². The lowest BCUT2D eigenvalue weighted by molar-refractivity contribution is -0.123. The number of hydrogen-bond donors (Lipinski definition) is 2. The molecule has 1 amide bonds. The molecule has 1 heterocycles. The van der Waals surface area contributed by atoms with Crippen LogP contribution in [-0.2, 0) is 9.53 Å². The van der Waals surface area contributed by atoms with Crippen LogP contribution in [-0.4, -0.2) is 38.3 Å². The van der Waals surface area contributed by atoms with Gasteiger partial charge in [-0.3, -0.25) is 4.79 Å². The topological polar surface area (TPSA) is 50.4 Å². The minimum Gasteiger partial charge on any atom is -0.383 e. The summed E-state index contributed by atoms with van der Waals surface area (Å²) >= 11 is 0. The van der Waals surface area contributed by atoms with E-state index in [2.05, 4.69) is 10.6 Å². The van der Waals surface area contributed by atoms with Crippen molar-refractivity contribution in [3.05, 3.63) is 0 Å². The Morgan fingerprint density at radius 2 is 2.05 bits per heavy atom. The van der Waals surface area contributed by atoms with Crippen LogP contribution in [0.25, 0.3) is 0 Å². The third-order valence-electron chi connectivity index (χ3n) is 6.39. The minimum atomic E-state index is -0.0204.